The SMILES string of the molecule is CCCCCCCCC[C@@H](C)C1CC(O)CC(CC(=O)O)C1. The van der Waals surface area contributed by atoms with E-state index in [0.29, 0.717) is 18.3 Å². The standard InChI is InChI=1S/C19H36O3/c1-3-4-5-6-7-8-9-10-15(2)17-11-16(13-19(21)22)12-18(20)14-17/h15-18,20H,3-14H2,1-2H3,(H,21,22)/t15-,16?,17?,18?/m1/s1. The molecule has 3 nitrogen and oxygen atoms in total. The van der Waals surface area contributed by atoms with Crippen LogP contribution in [-0.2, 0) is 4.79 Å². The summed E-state index contributed by atoms with van der Waals surface area (Å²) in [5.41, 5.74) is 0. The number of hydrogen-bond acceptors (Lipinski definition) is 2. The van der Waals surface area contributed by atoms with Crippen LogP contribution in [0.1, 0.15) is 90.9 Å². The summed E-state index contributed by atoms with van der Waals surface area (Å²) in [6.07, 6.45) is 13.0. The van der Waals surface area contributed by atoms with Gasteiger partial charge in [0.25, 0.3) is 0 Å². The van der Waals surface area contributed by atoms with Crippen LogP contribution in [0.2, 0.25) is 0 Å². The molecule has 0 aromatic heterocycles. The Labute approximate surface area is 136 Å². The highest BCUT2D eigenvalue weighted by atomic mass is 16.4. The van der Waals surface area contributed by atoms with Crippen LogP contribution in [0, 0.1) is 17.8 Å². The Morgan fingerprint density at radius 2 is 1.68 bits per heavy atom. The molecule has 0 aromatic carbocycles. The van der Waals surface area contributed by atoms with Crippen molar-refractivity contribution in [2.75, 3.05) is 0 Å². The molecule has 1 rings (SSSR count). The van der Waals surface area contributed by atoms with Gasteiger partial charge in [-0.3, -0.25) is 4.79 Å². The minimum Gasteiger partial charge on any atom is -0.481 e. The van der Waals surface area contributed by atoms with E-state index in [1.165, 1.54) is 51.4 Å². The smallest absolute Gasteiger partial charge is 0.303 e. The van der Waals surface area contributed by atoms with Crippen LogP contribution in [0.25, 0.3) is 0 Å². The predicted octanol–water partition coefficient (Wildman–Crippen LogP) is 5.02. The van der Waals surface area contributed by atoms with Crippen molar-refractivity contribution in [3.8, 4) is 0 Å². The lowest BCUT2D eigenvalue weighted by Crippen LogP contribution is -2.31. The zero-order chi connectivity index (χ0) is 16.4. The number of unbranched alkanes of at least 4 members (excludes halogenated alkanes) is 6. The number of aliphatic hydroxyl groups excluding tert-OH is 1. The van der Waals surface area contributed by atoms with Crippen LogP contribution in [0.15, 0.2) is 0 Å². The first-order chi connectivity index (χ1) is 10.5. The fraction of sp³-hybridized carbons (Fsp3) is 0.947. The second-order valence-electron chi connectivity index (χ2n) is 7.47. The minimum absolute atomic E-state index is 0.169. The maximum atomic E-state index is 10.9. The van der Waals surface area contributed by atoms with E-state index in [0.717, 1.165) is 12.8 Å². The molecule has 1 aliphatic rings. The first kappa shape index (κ1) is 19.5. The van der Waals surface area contributed by atoms with Gasteiger partial charge in [-0.25, -0.2) is 0 Å². The van der Waals surface area contributed by atoms with E-state index in [-0.39, 0.29) is 18.4 Å². The molecular formula is C19H36O3. The van der Waals surface area contributed by atoms with Gasteiger partial charge in [0, 0.05) is 6.42 Å². The number of carboxylic acid groups (broad SMARTS) is 1. The van der Waals surface area contributed by atoms with Gasteiger partial charge in [-0.1, -0.05) is 65.2 Å². The summed E-state index contributed by atoms with van der Waals surface area (Å²) in [5.74, 6) is 0.565. The molecule has 1 aliphatic carbocycles. The molecular weight excluding hydrogens is 276 g/mol. The Kier molecular flexibility index (Phi) is 9.77. The van der Waals surface area contributed by atoms with Crippen molar-refractivity contribution in [2.45, 2.75) is 97.0 Å². The Bertz CT molecular complexity index is 303. The van der Waals surface area contributed by atoms with Crippen molar-refractivity contribution in [1.29, 1.82) is 0 Å². The van der Waals surface area contributed by atoms with Crippen LogP contribution in [0.5, 0.6) is 0 Å². The van der Waals surface area contributed by atoms with Crippen molar-refractivity contribution < 1.29 is 15.0 Å². The van der Waals surface area contributed by atoms with Crippen molar-refractivity contribution in [2.24, 2.45) is 17.8 Å². The Balaban J connectivity index is 2.20. The topological polar surface area (TPSA) is 57.5 Å². The van der Waals surface area contributed by atoms with Crippen LogP contribution in [-0.4, -0.2) is 22.3 Å². The molecule has 3 unspecified atom stereocenters. The molecule has 130 valence electrons. The average Bonchev–Trinajstić information content (AvgIpc) is 2.44. The number of hydrogen-bond donors (Lipinski definition) is 2. The first-order valence-corrected chi connectivity index (χ1v) is 9.42. The molecule has 2 N–H and O–H groups in total. The Morgan fingerprint density at radius 1 is 1.05 bits per heavy atom. The lowest BCUT2D eigenvalue weighted by Gasteiger charge is -2.35. The van der Waals surface area contributed by atoms with Gasteiger partial charge in [0.2, 0.25) is 0 Å². The van der Waals surface area contributed by atoms with Gasteiger partial charge in [0.05, 0.1) is 6.10 Å². The summed E-state index contributed by atoms with van der Waals surface area (Å²) in [7, 11) is 0. The number of carbonyl (C=O) groups is 1. The monoisotopic (exact) mass is 312 g/mol. The lowest BCUT2D eigenvalue weighted by molar-refractivity contribution is -0.138. The predicted molar refractivity (Wildman–Crippen MR) is 90.9 cm³/mol. The zero-order valence-corrected chi connectivity index (χ0v) is 14.6. The summed E-state index contributed by atoms with van der Waals surface area (Å²) in [6, 6.07) is 0. The average molecular weight is 312 g/mol. The molecule has 4 atom stereocenters. The number of aliphatic hydroxyl groups is 1. The normalized spacial score (nSPS) is 26.8. The molecule has 1 fully saturated rings. The van der Waals surface area contributed by atoms with Gasteiger partial charge >= 0.3 is 5.97 Å². The van der Waals surface area contributed by atoms with Gasteiger partial charge < -0.3 is 10.2 Å². The summed E-state index contributed by atoms with van der Waals surface area (Å²) >= 11 is 0. The molecule has 0 aromatic rings. The quantitative estimate of drug-likeness (QED) is 0.527. The largest absolute Gasteiger partial charge is 0.481 e. The second-order valence-corrected chi connectivity index (χ2v) is 7.47. The van der Waals surface area contributed by atoms with E-state index >= 15 is 0 Å². The molecule has 3 heteroatoms. The van der Waals surface area contributed by atoms with E-state index < -0.39 is 5.97 Å². The summed E-state index contributed by atoms with van der Waals surface area (Å²) in [5, 5.41) is 19.0. The summed E-state index contributed by atoms with van der Waals surface area (Å²) < 4.78 is 0. The highest BCUT2D eigenvalue weighted by Gasteiger charge is 2.31. The highest BCUT2D eigenvalue weighted by Crippen LogP contribution is 2.37. The fourth-order valence-electron chi connectivity index (χ4n) is 3.99. The van der Waals surface area contributed by atoms with Crippen molar-refractivity contribution in [3.63, 3.8) is 0 Å². The molecule has 22 heavy (non-hydrogen) atoms. The number of carboxylic acids is 1. The van der Waals surface area contributed by atoms with Gasteiger partial charge in [0.15, 0.2) is 0 Å². The molecule has 0 saturated heterocycles. The molecule has 0 radical (unpaired) electrons. The first-order valence-electron chi connectivity index (χ1n) is 9.42. The van der Waals surface area contributed by atoms with Gasteiger partial charge in [0.1, 0.15) is 0 Å². The molecule has 0 bridgehead atoms. The van der Waals surface area contributed by atoms with Crippen molar-refractivity contribution in [3.05, 3.63) is 0 Å². The highest BCUT2D eigenvalue weighted by molar-refractivity contribution is 5.67. The second kappa shape index (κ2) is 11.0. The number of rotatable bonds is 11. The summed E-state index contributed by atoms with van der Waals surface area (Å²) in [4.78, 5) is 10.9. The van der Waals surface area contributed by atoms with Crippen LogP contribution < -0.4 is 0 Å². The van der Waals surface area contributed by atoms with Crippen LogP contribution >= 0.6 is 0 Å². The van der Waals surface area contributed by atoms with E-state index in [4.69, 9.17) is 5.11 Å². The number of aliphatic carboxylic acids is 1. The van der Waals surface area contributed by atoms with Gasteiger partial charge in [-0.15, -0.1) is 0 Å². The fourth-order valence-corrected chi connectivity index (χ4v) is 3.99. The van der Waals surface area contributed by atoms with Gasteiger partial charge in [-0.05, 0) is 37.0 Å². The van der Waals surface area contributed by atoms with E-state index in [1.807, 2.05) is 0 Å². The van der Waals surface area contributed by atoms with E-state index in [1.54, 1.807) is 0 Å². The molecule has 0 aliphatic heterocycles. The molecule has 0 spiro atoms. The zero-order valence-electron chi connectivity index (χ0n) is 14.6. The molecule has 0 heterocycles. The third kappa shape index (κ3) is 8.17. The van der Waals surface area contributed by atoms with E-state index in [2.05, 4.69) is 13.8 Å². The minimum atomic E-state index is -0.724. The van der Waals surface area contributed by atoms with E-state index in [9.17, 15) is 9.90 Å². The van der Waals surface area contributed by atoms with Crippen molar-refractivity contribution in [1.82, 2.24) is 0 Å². The van der Waals surface area contributed by atoms with Gasteiger partial charge in [-0.2, -0.15) is 0 Å². The molecule has 1 saturated carbocycles. The Morgan fingerprint density at radius 3 is 2.32 bits per heavy atom. The molecule has 0 amide bonds. The van der Waals surface area contributed by atoms with Crippen LogP contribution in [0.4, 0.5) is 0 Å². The van der Waals surface area contributed by atoms with Crippen LogP contribution in [0.3, 0.4) is 0 Å². The summed E-state index contributed by atoms with van der Waals surface area (Å²) in [6.45, 7) is 4.54. The Hall–Kier alpha value is -0.570. The third-order valence-electron chi connectivity index (χ3n) is 5.35. The maximum Gasteiger partial charge on any atom is 0.303 e. The lowest BCUT2D eigenvalue weighted by atomic mass is 9.72. The maximum absolute atomic E-state index is 10.9. The third-order valence-corrected chi connectivity index (χ3v) is 5.35. The van der Waals surface area contributed by atoms with Crippen molar-refractivity contribution >= 4 is 5.97 Å².